The molecule has 1 N–H and O–H groups in total. The van der Waals surface area contributed by atoms with E-state index >= 15 is 0 Å². The molecule has 90 valence electrons. The molecule has 0 unspecified atom stereocenters. The first-order valence-electron chi connectivity index (χ1n) is 5.31. The molecule has 0 spiro atoms. The van der Waals surface area contributed by atoms with Crippen molar-refractivity contribution < 1.29 is 4.42 Å². The summed E-state index contributed by atoms with van der Waals surface area (Å²) in [4.78, 5) is 0. The zero-order valence-corrected chi connectivity index (χ0v) is 12.9. The number of furan rings is 1. The highest BCUT2D eigenvalue weighted by Gasteiger charge is 2.12. The highest BCUT2D eigenvalue weighted by molar-refractivity contribution is 9.11. The lowest BCUT2D eigenvalue weighted by molar-refractivity contribution is 0.507. The first-order chi connectivity index (χ1) is 8.11. The van der Waals surface area contributed by atoms with Crippen LogP contribution in [0.2, 0.25) is 0 Å². The van der Waals surface area contributed by atoms with Crippen LogP contribution < -0.4 is 5.32 Å². The summed E-state index contributed by atoms with van der Waals surface area (Å²) in [5, 5.41) is 3.07. The van der Waals surface area contributed by atoms with Crippen LogP contribution >= 0.6 is 31.9 Å². The predicted octanol–water partition coefficient (Wildman–Crippen LogP) is 4.50. The number of hydrogen-bond donors (Lipinski definition) is 1. The van der Waals surface area contributed by atoms with Gasteiger partial charge in [0, 0.05) is 14.5 Å². The zero-order chi connectivity index (χ0) is 12.4. The van der Waals surface area contributed by atoms with Gasteiger partial charge in [-0.3, -0.25) is 0 Å². The standard InChI is InChI=1S/C13H13Br2NO/c1-8-5-10(14)13(11(15)6-8)12-4-3-9(17-12)7-16-2/h3-6,16H,7H2,1-2H3. The van der Waals surface area contributed by atoms with E-state index in [1.807, 2.05) is 19.2 Å². The molecule has 1 aromatic carbocycles. The molecule has 0 aliphatic rings. The molecule has 4 heteroatoms. The number of nitrogens with one attached hydrogen (secondary N) is 1. The highest BCUT2D eigenvalue weighted by atomic mass is 79.9. The van der Waals surface area contributed by atoms with Crippen LogP contribution in [-0.4, -0.2) is 7.05 Å². The van der Waals surface area contributed by atoms with E-state index < -0.39 is 0 Å². The Morgan fingerprint density at radius 1 is 1.18 bits per heavy atom. The molecule has 0 radical (unpaired) electrons. The molecule has 1 aromatic heterocycles. The average molecular weight is 359 g/mol. The van der Waals surface area contributed by atoms with Gasteiger partial charge in [-0.15, -0.1) is 0 Å². The van der Waals surface area contributed by atoms with Crippen molar-refractivity contribution in [3.05, 3.63) is 44.5 Å². The number of aryl methyl sites for hydroxylation is 1. The largest absolute Gasteiger partial charge is 0.460 e. The van der Waals surface area contributed by atoms with Crippen LogP contribution in [0.5, 0.6) is 0 Å². The van der Waals surface area contributed by atoms with Gasteiger partial charge in [-0.2, -0.15) is 0 Å². The van der Waals surface area contributed by atoms with Crippen LogP contribution in [0.15, 0.2) is 37.6 Å². The molecule has 0 saturated carbocycles. The Balaban J connectivity index is 2.45. The lowest BCUT2D eigenvalue weighted by atomic mass is 10.1. The topological polar surface area (TPSA) is 25.2 Å². The molecule has 0 aliphatic carbocycles. The third-order valence-corrected chi connectivity index (χ3v) is 3.70. The summed E-state index contributed by atoms with van der Waals surface area (Å²) in [6.07, 6.45) is 0. The maximum absolute atomic E-state index is 5.79. The second-order valence-electron chi connectivity index (χ2n) is 3.90. The highest BCUT2D eigenvalue weighted by Crippen LogP contribution is 2.37. The van der Waals surface area contributed by atoms with Crippen molar-refractivity contribution in [1.29, 1.82) is 0 Å². The number of benzene rings is 1. The Morgan fingerprint density at radius 3 is 2.41 bits per heavy atom. The molecule has 0 atom stereocenters. The Morgan fingerprint density at radius 2 is 1.82 bits per heavy atom. The second kappa shape index (κ2) is 5.38. The Labute approximate surface area is 118 Å². The van der Waals surface area contributed by atoms with Crippen LogP contribution in [-0.2, 0) is 6.54 Å². The molecular formula is C13H13Br2NO. The molecule has 2 nitrogen and oxygen atoms in total. The first kappa shape index (κ1) is 12.9. The third kappa shape index (κ3) is 2.81. The summed E-state index contributed by atoms with van der Waals surface area (Å²) >= 11 is 7.15. The number of rotatable bonds is 3. The summed E-state index contributed by atoms with van der Waals surface area (Å²) in [7, 11) is 1.90. The smallest absolute Gasteiger partial charge is 0.136 e. The fraction of sp³-hybridized carbons (Fsp3) is 0.231. The minimum Gasteiger partial charge on any atom is -0.460 e. The summed E-state index contributed by atoms with van der Waals surface area (Å²) in [6.45, 7) is 2.80. The van der Waals surface area contributed by atoms with Gasteiger partial charge in [0.1, 0.15) is 11.5 Å². The summed E-state index contributed by atoms with van der Waals surface area (Å²) in [5.74, 6) is 1.80. The van der Waals surface area contributed by atoms with Gasteiger partial charge >= 0.3 is 0 Å². The summed E-state index contributed by atoms with van der Waals surface area (Å²) < 4.78 is 7.86. The van der Waals surface area contributed by atoms with E-state index in [2.05, 4.69) is 56.2 Å². The Kier molecular flexibility index (Phi) is 4.07. The lowest BCUT2D eigenvalue weighted by Crippen LogP contribution is -2.03. The van der Waals surface area contributed by atoms with Crippen molar-refractivity contribution in [3.63, 3.8) is 0 Å². The van der Waals surface area contributed by atoms with E-state index in [-0.39, 0.29) is 0 Å². The molecular weight excluding hydrogens is 346 g/mol. The monoisotopic (exact) mass is 357 g/mol. The summed E-state index contributed by atoms with van der Waals surface area (Å²) in [5.41, 5.74) is 2.26. The predicted molar refractivity (Wildman–Crippen MR) is 77.0 cm³/mol. The van der Waals surface area contributed by atoms with E-state index in [1.54, 1.807) is 0 Å². The van der Waals surface area contributed by atoms with Crippen LogP contribution in [0, 0.1) is 6.92 Å². The summed E-state index contributed by atoms with van der Waals surface area (Å²) in [6, 6.07) is 8.15. The van der Waals surface area contributed by atoms with E-state index in [0.29, 0.717) is 0 Å². The minimum absolute atomic E-state index is 0.737. The zero-order valence-electron chi connectivity index (χ0n) is 9.68. The Bertz CT molecular complexity index is 511. The molecule has 1 heterocycles. The van der Waals surface area contributed by atoms with E-state index in [9.17, 15) is 0 Å². The number of hydrogen-bond acceptors (Lipinski definition) is 2. The van der Waals surface area contributed by atoms with Gasteiger partial charge < -0.3 is 9.73 Å². The molecule has 0 saturated heterocycles. The van der Waals surface area contributed by atoms with Crippen molar-refractivity contribution in [2.75, 3.05) is 7.05 Å². The van der Waals surface area contributed by atoms with Crippen molar-refractivity contribution in [2.24, 2.45) is 0 Å². The fourth-order valence-electron chi connectivity index (χ4n) is 1.72. The van der Waals surface area contributed by atoms with Gasteiger partial charge in [-0.25, -0.2) is 0 Å². The lowest BCUT2D eigenvalue weighted by Gasteiger charge is -2.06. The molecule has 0 amide bonds. The quantitative estimate of drug-likeness (QED) is 0.873. The SMILES string of the molecule is CNCc1ccc(-c2c(Br)cc(C)cc2Br)o1. The van der Waals surface area contributed by atoms with Gasteiger partial charge in [0.05, 0.1) is 6.54 Å². The van der Waals surface area contributed by atoms with Gasteiger partial charge in [-0.05, 0) is 75.7 Å². The fourth-order valence-corrected chi connectivity index (χ4v) is 3.52. The van der Waals surface area contributed by atoms with E-state index in [4.69, 9.17) is 4.42 Å². The maximum atomic E-state index is 5.79. The van der Waals surface area contributed by atoms with Crippen LogP contribution in [0.3, 0.4) is 0 Å². The van der Waals surface area contributed by atoms with E-state index in [0.717, 1.165) is 32.6 Å². The van der Waals surface area contributed by atoms with Crippen molar-refractivity contribution in [1.82, 2.24) is 5.32 Å². The normalized spacial score (nSPS) is 10.8. The molecule has 2 rings (SSSR count). The van der Waals surface area contributed by atoms with Crippen LogP contribution in [0.4, 0.5) is 0 Å². The molecule has 2 aromatic rings. The van der Waals surface area contributed by atoms with Crippen LogP contribution in [0.25, 0.3) is 11.3 Å². The maximum Gasteiger partial charge on any atom is 0.136 e. The second-order valence-corrected chi connectivity index (χ2v) is 5.61. The van der Waals surface area contributed by atoms with Crippen molar-refractivity contribution >= 4 is 31.9 Å². The molecule has 0 bridgehead atoms. The van der Waals surface area contributed by atoms with Gasteiger partial charge in [0.2, 0.25) is 0 Å². The van der Waals surface area contributed by atoms with Gasteiger partial charge in [-0.1, -0.05) is 0 Å². The van der Waals surface area contributed by atoms with Crippen molar-refractivity contribution in [3.8, 4) is 11.3 Å². The van der Waals surface area contributed by atoms with Crippen molar-refractivity contribution in [2.45, 2.75) is 13.5 Å². The number of halogens is 2. The Hall–Kier alpha value is -0.580. The average Bonchev–Trinajstić information content (AvgIpc) is 2.65. The molecule has 17 heavy (non-hydrogen) atoms. The molecule has 0 fully saturated rings. The minimum atomic E-state index is 0.737. The van der Waals surface area contributed by atoms with Crippen LogP contribution in [0.1, 0.15) is 11.3 Å². The first-order valence-corrected chi connectivity index (χ1v) is 6.89. The van der Waals surface area contributed by atoms with E-state index in [1.165, 1.54) is 5.56 Å². The van der Waals surface area contributed by atoms with Gasteiger partial charge in [0.25, 0.3) is 0 Å². The van der Waals surface area contributed by atoms with Gasteiger partial charge in [0.15, 0.2) is 0 Å². The third-order valence-electron chi connectivity index (χ3n) is 2.45. The molecule has 0 aliphatic heterocycles.